The summed E-state index contributed by atoms with van der Waals surface area (Å²) >= 11 is 0. The van der Waals surface area contributed by atoms with Gasteiger partial charge in [0.15, 0.2) is 11.1 Å². The highest BCUT2D eigenvalue weighted by Gasteiger charge is 2.31. The van der Waals surface area contributed by atoms with Crippen molar-refractivity contribution >= 4 is 0 Å². The Hall–Kier alpha value is -1.50. The molecule has 0 aromatic heterocycles. The highest BCUT2D eigenvalue weighted by molar-refractivity contribution is 5.08. The molecule has 0 fully saturated rings. The standard InChI is InChI=1S/C16H28N4O2/c1-13(9-21-5)7-15(3,11-17)19-20-16(4,12-18)8-14(2)10-22-6/h13-14H,7-10H2,1-6H3. The molecular weight excluding hydrogens is 280 g/mol. The second-order valence-electron chi connectivity index (χ2n) is 6.50. The number of methoxy groups -OCH3 is 2. The van der Waals surface area contributed by atoms with Gasteiger partial charge in [0, 0.05) is 27.4 Å². The van der Waals surface area contributed by atoms with Crippen LogP contribution in [0.25, 0.3) is 0 Å². The molecule has 6 heteroatoms. The number of nitriles is 2. The van der Waals surface area contributed by atoms with Crippen LogP contribution in [-0.2, 0) is 9.47 Å². The van der Waals surface area contributed by atoms with Gasteiger partial charge in [-0.3, -0.25) is 0 Å². The van der Waals surface area contributed by atoms with E-state index in [1.165, 1.54) is 0 Å². The molecule has 6 nitrogen and oxygen atoms in total. The van der Waals surface area contributed by atoms with E-state index in [1.807, 2.05) is 13.8 Å². The number of hydrogen-bond donors (Lipinski definition) is 0. The summed E-state index contributed by atoms with van der Waals surface area (Å²) in [5.74, 6) is 0.378. The van der Waals surface area contributed by atoms with Crippen LogP contribution in [0.5, 0.6) is 0 Å². The number of ether oxygens (including phenoxy) is 2. The van der Waals surface area contributed by atoms with E-state index in [0.29, 0.717) is 26.1 Å². The van der Waals surface area contributed by atoms with Gasteiger partial charge in [0.2, 0.25) is 0 Å². The first kappa shape index (κ1) is 20.5. The van der Waals surface area contributed by atoms with Gasteiger partial charge >= 0.3 is 0 Å². The van der Waals surface area contributed by atoms with Crippen molar-refractivity contribution in [3.63, 3.8) is 0 Å². The number of nitrogens with zero attached hydrogens (tertiary/aromatic N) is 4. The normalized spacial score (nSPS) is 19.6. The summed E-state index contributed by atoms with van der Waals surface area (Å²) in [7, 11) is 3.26. The molecule has 0 spiro atoms. The molecule has 0 N–H and O–H groups in total. The van der Waals surface area contributed by atoms with Crippen LogP contribution < -0.4 is 0 Å². The van der Waals surface area contributed by atoms with E-state index >= 15 is 0 Å². The maximum atomic E-state index is 9.39. The minimum atomic E-state index is -0.944. The molecule has 4 unspecified atom stereocenters. The lowest BCUT2D eigenvalue weighted by Crippen LogP contribution is -2.28. The summed E-state index contributed by atoms with van der Waals surface area (Å²) < 4.78 is 10.2. The highest BCUT2D eigenvalue weighted by atomic mass is 16.5. The molecular formula is C16H28N4O2. The zero-order chi connectivity index (χ0) is 17.2. The lowest BCUT2D eigenvalue weighted by molar-refractivity contribution is 0.144. The van der Waals surface area contributed by atoms with Gasteiger partial charge in [-0.1, -0.05) is 13.8 Å². The third kappa shape index (κ3) is 7.49. The van der Waals surface area contributed by atoms with Crippen LogP contribution in [0.1, 0.15) is 40.5 Å². The molecule has 0 saturated heterocycles. The first-order chi connectivity index (χ1) is 10.2. The zero-order valence-electron chi connectivity index (χ0n) is 14.6. The molecule has 0 heterocycles. The molecule has 0 aliphatic rings. The predicted molar refractivity (Wildman–Crippen MR) is 84.2 cm³/mol. The molecule has 0 aromatic rings. The third-order valence-corrected chi connectivity index (χ3v) is 3.37. The fourth-order valence-electron chi connectivity index (χ4n) is 2.48. The zero-order valence-corrected chi connectivity index (χ0v) is 14.6. The van der Waals surface area contributed by atoms with E-state index in [1.54, 1.807) is 28.1 Å². The van der Waals surface area contributed by atoms with Gasteiger partial charge in [-0.25, -0.2) is 0 Å². The Morgan fingerprint density at radius 3 is 1.41 bits per heavy atom. The molecule has 0 saturated carbocycles. The number of azo groups is 1. The maximum absolute atomic E-state index is 9.39. The third-order valence-electron chi connectivity index (χ3n) is 3.37. The van der Waals surface area contributed by atoms with Gasteiger partial charge in [0.25, 0.3) is 0 Å². The molecule has 0 aliphatic heterocycles. The van der Waals surface area contributed by atoms with E-state index < -0.39 is 11.1 Å². The highest BCUT2D eigenvalue weighted by Crippen LogP contribution is 2.26. The fraction of sp³-hybridized carbons (Fsp3) is 0.875. The second kappa shape index (κ2) is 9.50. The van der Waals surface area contributed by atoms with Gasteiger partial charge in [0.05, 0.1) is 12.1 Å². The minimum Gasteiger partial charge on any atom is -0.384 e. The van der Waals surface area contributed by atoms with Crippen molar-refractivity contribution in [2.24, 2.45) is 22.1 Å². The average Bonchev–Trinajstić information content (AvgIpc) is 2.45. The van der Waals surface area contributed by atoms with Crippen molar-refractivity contribution in [3.05, 3.63) is 0 Å². The molecule has 0 bridgehead atoms. The lowest BCUT2D eigenvalue weighted by atomic mass is 9.91. The van der Waals surface area contributed by atoms with Crippen LogP contribution in [0.2, 0.25) is 0 Å². The smallest absolute Gasteiger partial charge is 0.165 e. The van der Waals surface area contributed by atoms with E-state index in [0.717, 1.165) is 0 Å². The SMILES string of the molecule is COCC(C)CC(C)(C#N)N=NC(C)(C#N)CC(C)COC. The first-order valence-corrected chi connectivity index (χ1v) is 7.48. The Balaban J connectivity index is 4.99. The largest absolute Gasteiger partial charge is 0.384 e. The van der Waals surface area contributed by atoms with Crippen LogP contribution in [-0.4, -0.2) is 38.5 Å². The maximum Gasteiger partial charge on any atom is 0.165 e. The van der Waals surface area contributed by atoms with Crippen LogP contribution >= 0.6 is 0 Å². The molecule has 0 rings (SSSR count). The van der Waals surface area contributed by atoms with E-state index in [2.05, 4.69) is 22.4 Å². The topological polar surface area (TPSA) is 90.8 Å². The van der Waals surface area contributed by atoms with Gasteiger partial charge in [0.1, 0.15) is 0 Å². The van der Waals surface area contributed by atoms with Crippen LogP contribution in [0, 0.1) is 34.5 Å². The molecule has 0 aliphatic carbocycles. The summed E-state index contributed by atoms with van der Waals surface area (Å²) in [6.45, 7) is 8.59. The quantitative estimate of drug-likeness (QED) is 0.579. The Bertz CT molecular complexity index is 400. The Morgan fingerprint density at radius 2 is 1.18 bits per heavy atom. The Morgan fingerprint density at radius 1 is 0.864 bits per heavy atom. The van der Waals surface area contributed by atoms with Crippen LogP contribution in [0.15, 0.2) is 10.2 Å². The molecule has 0 aromatic carbocycles. The number of hydrogen-bond acceptors (Lipinski definition) is 6. The van der Waals surface area contributed by atoms with Gasteiger partial charge in [-0.15, -0.1) is 0 Å². The van der Waals surface area contributed by atoms with Crippen molar-refractivity contribution in [3.8, 4) is 12.1 Å². The van der Waals surface area contributed by atoms with Crippen LogP contribution in [0.3, 0.4) is 0 Å². The van der Waals surface area contributed by atoms with E-state index in [4.69, 9.17) is 9.47 Å². The Kier molecular flexibility index (Phi) is 8.86. The molecule has 4 atom stereocenters. The lowest BCUT2D eigenvalue weighted by Gasteiger charge is -2.23. The molecule has 0 amide bonds. The summed E-state index contributed by atoms with van der Waals surface area (Å²) in [6.07, 6.45) is 1.08. The molecule has 22 heavy (non-hydrogen) atoms. The summed E-state index contributed by atoms with van der Waals surface area (Å²) in [4.78, 5) is 0. The van der Waals surface area contributed by atoms with Crippen molar-refractivity contribution in [1.82, 2.24) is 0 Å². The molecule has 124 valence electrons. The van der Waals surface area contributed by atoms with E-state index in [9.17, 15) is 10.5 Å². The molecule has 0 radical (unpaired) electrons. The van der Waals surface area contributed by atoms with Crippen molar-refractivity contribution in [2.75, 3.05) is 27.4 Å². The summed E-state index contributed by atoms with van der Waals surface area (Å²) in [5, 5.41) is 27.2. The van der Waals surface area contributed by atoms with Crippen molar-refractivity contribution in [1.29, 1.82) is 10.5 Å². The van der Waals surface area contributed by atoms with E-state index in [-0.39, 0.29) is 11.8 Å². The first-order valence-electron chi connectivity index (χ1n) is 7.48. The van der Waals surface area contributed by atoms with Crippen LogP contribution in [0.4, 0.5) is 0 Å². The average molecular weight is 308 g/mol. The second-order valence-corrected chi connectivity index (χ2v) is 6.50. The van der Waals surface area contributed by atoms with Gasteiger partial charge in [-0.2, -0.15) is 20.8 Å². The number of rotatable bonds is 10. The predicted octanol–water partition coefficient (Wildman–Crippen LogP) is 3.35. The van der Waals surface area contributed by atoms with Gasteiger partial charge in [-0.05, 0) is 38.5 Å². The van der Waals surface area contributed by atoms with Crippen molar-refractivity contribution < 1.29 is 9.47 Å². The Labute approximate surface area is 134 Å². The fourth-order valence-corrected chi connectivity index (χ4v) is 2.48. The summed E-state index contributed by atoms with van der Waals surface area (Å²) in [5.41, 5.74) is -1.89. The van der Waals surface area contributed by atoms with Gasteiger partial charge < -0.3 is 9.47 Å². The summed E-state index contributed by atoms with van der Waals surface area (Å²) in [6, 6.07) is 4.39. The minimum absolute atomic E-state index is 0.189. The van der Waals surface area contributed by atoms with Crippen molar-refractivity contribution in [2.45, 2.75) is 51.6 Å². The monoisotopic (exact) mass is 308 g/mol.